The Bertz CT molecular complexity index is 805. The van der Waals surface area contributed by atoms with Crippen molar-refractivity contribution in [3.63, 3.8) is 0 Å². The second-order valence-electron chi connectivity index (χ2n) is 4.07. The normalized spacial score (nSPS) is 11.3. The van der Waals surface area contributed by atoms with Crippen molar-refractivity contribution < 1.29 is 0 Å². The van der Waals surface area contributed by atoms with Crippen LogP contribution in [0, 0.1) is 0 Å². The molecule has 3 heterocycles. The van der Waals surface area contributed by atoms with Crippen molar-refractivity contribution in [2.75, 3.05) is 0 Å². The van der Waals surface area contributed by atoms with Crippen molar-refractivity contribution in [1.29, 1.82) is 0 Å². The van der Waals surface area contributed by atoms with Gasteiger partial charge in [0, 0.05) is 17.2 Å². The summed E-state index contributed by atoms with van der Waals surface area (Å²) in [6, 6.07) is 5.80. The summed E-state index contributed by atoms with van der Waals surface area (Å²) in [5.41, 5.74) is 0.843. The third kappa shape index (κ3) is 2.65. The van der Waals surface area contributed by atoms with Gasteiger partial charge in [-0.15, -0.1) is 22.7 Å². The fourth-order valence-electron chi connectivity index (χ4n) is 1.88. The van der Waals surface area contributed by atoms with Crippen LogP contribution in [0.5, 0.6) is 0 Å². The van der Waals surface area contributed by atoms with Gasteiger partial charge in [0.2, 0.25) is 0 Å². The lowest BCUT2D eigenvalue weighted by molar-refractivity contribution is 0.635. The summed E-state index contributed by atoms with van der Waals surface area (Å²) >= 11 is 10.5. The highest BCUT2D eigenvalue weighted by atomic mass is 35.5. The third-order valence-corrected chi connectivity index (χ3v) is 6.15. The summed E-state index contributed by atoms with van der Waals surface area (Å²) in [5.74, 6) is 0.777. The largest absolute Gasteiger partial charge is 0.287 e. The summed E-state index contributed by atoms with van der Waals surface area (Å²) in [6.07, 6.45) is 0. The maximum atomic E-state index is 12.4. The standard InChI is InChI=1S/C13H11ClN2OS3/c1-2-16-12(17)11-9(5-6-18-11)15-13(16)19-7-8-3-4-10(14)20-8/h3-6H,2,7H2,1H3. The monoisotopic (exact) mass is 342 g/mol. The number of aromatic nitrogens is 2. The summed E-state index contributed by atoms with van der Waals surface area (Å²) < 4.78 is 3.25. The third-order valence-electron chi connectivity index (χ3n) is 2.82. The maximum Gasteiger partial charge on any atom is 0.272 e. The Morgan fingerprint density at radius 2 is 2.25 bits per heavy atom. The topological polar surface area (TPSA) is 34.9 Å². The Morgan fingerprint density at radius 1 is 1.40 bits per heavy atom. The van der Waals surface area contributed by atoms with E-state index in [2.05, 4.69) is 4.98 Å². The van der Waals surface area contributed by atoms with E-state index < -0.39 is 0 Å². The molecular weight excluding hydrogens is 332 g/mol. The molecule has 3 nitrogen and oxygen atoms in total. The molecule has 3 rings (SSSR count). The molecule has 3 aromatic rings. The van der Waals surface area contributed by atoms with E-state index in [0.29, 0.717) is 6.54 Å². The Morgan fingerprint density at radius 3 is 2.95 bits per heavy atom. The summed E-state index contributed by atoms with van der Waals surface area (Å²) in [6.45, 7) is 2.60. The molecule has 0 amide bonds. The zero-order chi connectivity index (χ0) is 14.1. The Labute approximate surface area is 133 Å². The molecule has 0 saturated heterocycles. The SMILES string of the molecule is CCn1c(SCc2ccc(Cl)s2)nc2ccsc2c1=O. The molecule has 0 aliphatic heterocycles. The molecule has 0 unspecified atom stereocenters. The van der Waals surface area contributed by atoms with Crippen LogP contribution in [0.2, 0.25) is 4.34 Å². The average Bonchev–Trinajstić information content (AvgIpc) is 3.05. The van der Waals surface area contributed by atoms with Crippen LogP contribution in [0.15, 0.2) is 33.5 Å². The molecule has 0 aliphatic carbocycles. The van der Waals surface area contributed by atoms with Crippen LogP contribution >= 0.6 is 46.0 Å². The highest BCUT2D eigenvalue weighted by molar-refractivity contribution is 7.98. The van der Waals surface area contributed by atoms with Gasteiger partial charge in [-0.1, -0.05) is 23.4 Å². The van der Waals surface area contributed by atoms with E-state index in [1.54, 1.807) is 27.7 Å². The minimum atomic E-state index is 0.0548. The van der Waals surface area contributed by atoms with Gasteiger partial charge >= 0.3 is 0 Å². The number of nitrogens with zero attached hydrogens (tertiary/aromatic N) is 2. The molecule has 0 spiro atoms. The van der Waals surface area contributed by atoms with Crippen molar-refractivity contribution in [3.05, 3.63) is 43.1 Å². The average molecular weight is 343 g/mol. The molecule has 0 bridgehead atoms. The van der Waals surface area contributed by atoms with E-state index >= 15 is 0 Å². The number of rotatable bonds is 4. The number of thiophene rings is 2. The zero-order valence-electron chi connectivity index (χ0n) is 10.6. The number of halogens is 1. The lowest BCUT2D eigenvalue weighted by atomic mass is 10.5. The van der Waals surface area contributed by atoms with E-state index in [4.69, 9.17) is 11.6 Å². The molecule has 20 heavy (non-hydrogen) atoms. The van der Waals surface area contributed by atoms with E-state index in [9.17, 15) is 4.79 Å². The minimum absolute atomic E-state index is 0.0548. The van der Waals surface area contributed by atoms with Gasteiger partial charge in [-0.2, -0.15) is 0 Å². The second-order valence-corrected chi connectivity index (χ2v) is 7.73. The predicted octanol–water partition coefficient (Wildman–Crippen LogP) is 4.49. The van der Waals surface area contributed by atoms with Crippen LogP contribution in [0.3, 0.4) is 0 Å². The quantitative estimate of drug-likeness (QED) is 0.517. The maximum absolute atomic E-state index is 12.4. The van der Waals surface area contributed by atoms with Gasteiger partial charge in [0.15, 0.2) is 5.16 Å². The van der Waals surface area contributed by atoms with E-state index in [-0.39, 0.29) is 5.56 Å². The Balaban J connectivity index is 1.95. The number of hydrogen-bond acceptors (Lipinski definition) is 5. The lowest BCUT2D eigenvalue weighted by Gasteiger charge is -2.08. The van der Waals surface area contributed by atoms with Crippen molar-refractivity contribution >= 4 is 56.3 Å². The first-order valence-corrected chi connectivity index (χ1v) is 9.10. The van der Waals surface area contributed by atoms with Crippen molar-refractivity contribution in [1.82, 2.24) is 9.55 Å². The number of fused-ring (bicyclic) bond motifs is 1. The fourth-order valence-corrected chi connectivity index (χ4v) is 4.85. The van der Waals surface area contributed by atoms with Gasteiger partial charge in [-0.25, -0.2) is 4.98 Å². The van der Waals surface area contributed by atoms with Crippen LogP contribution in [-0.2, 0) is 12.3 Å². The van der Waals surface area contributed by atoms with Crippen molar-refractivity contribution in [2.24, 2.45) is 0 Å². The van der Waals surface area contributed by atoms with Gasteiger partial charge in [0.1, 0.15) is 4.70 Å². The van der Waals surface area contributed by atoms with Crippen LogP contribution in [0.1, 0.15) is 11.8 Å². The number of hydrogen-bond donors (Lipinski definition) is 0. The Hall–Kier alpha value is -0.820. The van der Waals surface area contributed by atoms with Crippen molar-refractivity contribution in [2.45, 2.75) is 24.4 Å². The molecule has 7 heteroatoms. The van der Waals surface area contributed by atoms with Crippen LogP contribution in [-0.4, -0.2) is 9.55 Å². The van der Waals surface area contributed by atoms with E-state index in [1.807, 2.05) is 30.5 Å². The van der Waals surface area contributed by atoms with Gasteiger partial charge in [0.25, 0.3) is 5.56 Å². The molecule has 0 radical (unpaired) electrons. The van der Waals surface area contributed by atoms with Gasteiger partial charge in [-0.3, -0.25) is 9.36 Å². The van der Waals surface area contributed by atoms with Crippen LogP contribution in [0.4, 0.5) is 0 Å². The molecule has 3 aromatic heterocycles. The molecule has 0 aromatic carbocycles. The first-order valence-electron chi connectivity index (χ1n) is 6.04. The highest BCUT2D eigenvalue weighted by Crippen LogP contribution is 2.28. The van der Waals surface area contributed by atoms with Gasteiger partial charge < -0.3 is 0 Å². The smallest absolute Gasteiger partial charge is 0.272 e. The van der Waals surface area contributed by atoms with Crippen LogP contribution in [0.25, 0.3) is 10.2 Å². The summed E-state index contributed by atoms with van der Waals surface area (Å²) in [7, 11) is 0. The van der Waals surface area contributed by atoms with Gasteiger partial charge in [-0.05, 0) is 30.5 Å². The molecule has 0 saturated carbocycles. The minimum Gasteiger partial charge on any atom is -0.287 e. The Kier molecular flexibility index (Phi) is 4.16. The second kappa shape index (κ2) is 5.89. The molecule has 104 valence electrons. The molecule has 0 fully saturated rings. The zero-order valence-corrected chi connectivity index (χ0v) is 13.8. The van der Waals surface area contributed by atoms with Crippen LogP contribution < -0.4 is 5.56 Å². The fraction of sp³-hybridized carbons (Fsp3) is 0.231. The molecular formula is C13H11ClN2OS3. The number of thioether (sulfide) groups is 1. The molecule has 0 atom stereocenters. The summed E-state index contributed by atoms with van der Waals surface area (Å²) in [4.78, 5) is 18.1. The highest BCUT2D eigenvalue weighted by Gasteiger charge is 2.11. The van der Waals surface area contributed by atoms with Gasteiger partial charge in [0.05, 0.1) is 9.85 Å². The van der Waals surface area contributed by atoms with E-state index in [0.717, 1.165) is 25.5 Å². The van der Waals surface area contributed by atoms with Crippen molar-refractivity contribution in [3.8, 4) is 0 Å². The first-order chi connectivity index (χ1) is 9.69. The summed E-state index contributed by atoms with van der Waals surface area (Å²) in [5, 5.41) is 2.68. The molecule has 0 aliphatic rings. The predicted molar refractivity (Wildman–Crippen MR) is 88.4 cm³/mol. The first kappa shape index (κ1) is 14.1. The van der Waals surface area contributed by atoms with E-state index in [1.165, 1.54) is 16.2 Å². The molecule has 0 N–H and O–H groups in total. The lowest BCUT2D eigenvalue weighted by Crippen LogP contribution is -2.21.